The zero-order valence-electron chi connectivity index (χ0n) is 16.2. The summed E-state index contributed by atoms with van der Waals surface area (Å²) in [6, 6.07) is 11.2. The number of fused-ring (bicyclic) bond motifs is 1. The van der Waals surface area contributed by atoms with E-state index in [0.29, 0.717) is 29.0 Å². The maximum Gasteiger partial charge on any atom is 0.263 e. The van der Waals surface area contributed by atoms with E-state index in [4.69, 9.17) is 0 Å². The predicted octanol–water partition coefficient (Wildman–Crippen LogP) is 2.73. The summed E-state index contributed by atoms with van der Waals surface area (Å²) >= 11 is 0. The van der Waals surface area contributed by atoms with Gasteiger partial charge in [-0.3, -0.25) is 14.6 Å². The van der Waals surface area contributed by atoms with Gasteiger partial charge in [0.05, 0.1) is 17.6 Å². The maximum absolute atomic E-state index is 12.6. The summed E-state index contributed by atoms with van der Waals surface area (Å²) in [5.41, 5.74) is 1.56. The SMILES string of the molecule is CCCCC(=O)Nc1cc(C)nn1-c1nc2c(cnn2-c2ccccc2)c(=O)[nH]1. The van der Waals surface area contributed by atoms with Gasteiger partial charge in [0.25, 0.3) is 5.56 Å². The molecule has 0 aliphatic rings. The van der Waals surface area contributed by atoms with E-state index in [1.54, 1.807) is 10.7 Å². The van der Waals surface area contributed by atoms with Crippen LogP contribution in [0.2, 0.25) is 0 Å². The van der Waals surface area contributed by atoms with Gasteiger partial charge < -0.3 is 5.32 Å². The first kappa shape index (κ1) is 18.6. The summed E-state index contributed by atoms with van der Waals surface area (Å²) in [6.45, 7) is 3.84. The molecule has 0 aliphatic carbocycles. The van der Waals surface area contributed by atoms with Crippen LogP contribution in [-0.4, -0.2) is 35.4 Å². The largest absolute Gasteiger partial charge is 0.310 e. The highest BCUT2D eigenvalue weighted by Gasteiger charge is 2.16. The topological polar surface area (TPSA) is 110 Å². The lowest BCUT2D eigenvalue weighted by Gasteiger charge is -2.08. The molecule has 0 aliphatic heterocycles. The number of aromatic amines is 1. The van der Waals surface area contributed by atoms with Gasteiger partial charge >= 0.3 is 0 Å². The molecule has 9 nitrogen and oxygen atoms in total. The fraction of sp³-hybridized carbons (Fsp3) is 0.250. The molecule has 0 atom stereocenters. The number of benzene rings is 1. The Hall–Kier alpha value is -3.75. The standard InChI is InChI=1S/C20H21N7O2/c1-3-4-10-17(28)22-16-11-13(2)25-27(16)20-23-18-15(19(29)24-20)12-21-26(18)14-8-6-5-7-9-14/h5-9,11-12H,3-4,10H2,1-2H3,(H,22,28)(H,23,24,29). The third kappa shape index (κ3) is 3.66. The summed E-state index contributed by atoms with van der Waals surface area (Å²) in [7, 11) is 0. The van der Waals surface area contributed by atoms with Crippen LogP contribution in [-0.2, 0) is 4.79 Å². The molecule has 3 aromatic heterocycles. The van der Waals surface area contributed by atoms with E-state index in [0.717, 1.165) is 18.5 Å². The number of nitrogens with zero attached hydrogens (tertiary/aromatic N) is 5. The Morgan fingerprint density at radius 3 is 2.76 bits per heavy atom. The molecule has 2 N–H and O–H groups in total. The number of carbonyl (C=O) groups is 1. The molecule has 0 bridgehead atoms. The first-order valence-electron chi connectivity index (χ1n) is 9.47. The Balaban J connectivity index is 1.79. The monoisotopic (exact) mass is 391 g/mol. The van der Waals surface area contributed by atoms with Crippen molar-refractivity contribution < 1.29 is 4.79 Å². The van der Waals surface area contributed by atoms with Crippen molar-refractivity contribution >= 4 is 22.8 Å². The normalized spacial score (nSPS) is 11.1. The first-order valence-corrected chi connectivity index (χ1v) is 9.47. The molecule has 0 saturated heterocycles. The number of carbonyl (C=O) groups excluding carboxylic acids is 1. The van der Waals surface area contributed by atoms with E-state index in [1.807, 2.05) is 44.2 Å². The Bertz CT molecular complexity index is 1220. The molecular formula is C20H21N7O2. The van der Waals surface area contributed by atoms with Gasteiger partial charge in [-0.15, -0.1) is 0 Å². The third-order valence-corrected chi connectivity index (χ3v) is 4.48. The van der Waals surface area contributed by atoms with Crippen molar-refractivity contribution in [2.45, 2.75) is 33.1 Å². The number of aromatic nitrogens is 6. The van der Waals surface area contributed by atoms with E-state index in [2.05, 4.69) is 25.5 Å². The van der Waals surface area contributed by atoms with Crippen molar-refractivity contribution in [3.8, 4) is 11.6 Å². The van der Waals surface area contributed by atoms with Gasteiger partial charge in [0.15, 0.2) is 5.65 Å². The van der Waals surface area contributed by atoms with E-state index in [1.165, 1.54) is 10.9 Å². The fourth-order valence-electron chi connectivity index (χ4n) is 3.06. The van der Waals surface area contributed by atoms with Gasteiger partial charge in [0.2, 0.25) is 11.9 Å². The molecule has 9 heteroatoms. The molecular weight excluding hydrogens is 370 g/mol. The average Bonchev–Trinajstić information content (AvgIpc) is 3.30. The highest BCUT2D eigenvalue weighted by atomic mass is 16.1. The number of nitrogens with one attached hydrogen (secondary N) is 2. The Labute approximate surface area is 166 Å². The van der Waals surface area contributed by atoms with Crippen molar-refractivity contribution in [2.24, 2.45) is 0 Å². The molecule has 0 unspecified atom stereocenters. The number of para-hydroxylation sites is 1. The average molecular weight is 391 g/mol. The molecule has 4 rings (SSSR count). The Morgan fingerprint density at radius 1 is 1.21 bits per heavy atom. The number of rotatable bonds is 6. The minimum Gasteiger partial charge on any atom is -0.310 e. The second kappa shape index (κ2) is 7.70. The van der Waals surface area contributed by atoms with Gasteiger partial charge in [-0.25, -0.2) is 4.68 Å². The maximum atomic E-state index is 12.6. The van der Waals surface area contributed by atoms with Gasteiger partial charge in [-0.05, 0) is 25.5 Å². The molecule has 0 radical (unpaired) electrons. The van der Waals surface area contributed by atoms with Crippen LogP contribution in [0.25, 0.3) is 22.7 Å². The van der Waals surface area contributed by atoms with Gasteiger partial charge in [-0.1, -0.05) is 31.5 Å². The van der Waals surface area contributed by atoms with E-state index < -0.39 is 0 Å². The first-order chi connectivity index (χ1) is 14.1. The van der Waals surface area contributed by atoms with Crippen molar-refractivity contribution in [3.63, 3.8) is 0 Å². The second-order valence-electron chi connectivity index (χ2n) is 6.75. The lowest BCUT2D eigenvalue weighted by Crippen LogP contribution is -2.19. The number of hydrogen-bond donors (Lipinski definition) is 2. The molecule has 0 fully saturated rings. The number of anilines is 1. The molecule has 148 valence electrons. The molecule has 1 aromatic carbocycles. The van der Waals surface area contributed by atoms with Crippen LogP contribution in [0, 0.1) is 6.92 Å². The predicted molar refractivity (Wildman–Crippen MR) is 109 cm³/mol. The summed E-state index contributed by atoms with van der Waals surface area (Å²) in [4.78, 5) is 32.1. The van der Waals surface area contributed by atoms with Crippen molar-refractivity contribution in [1.29, 1.82) is 0 Å². The van der Waals surface area contributed by atoms with Crippen molar-refractivity contribution in [2.75, 3.05) is 5.32 Å². The number of hydrogen-bond acceptors (Lipinski definition) is 5. The van der Waals surface area contributed by atoms with Crippen molar-refractivity contribution in [3.05, 3.63) is 58.6 Å². The second-order valence-corrected chi connectivity index (χ2v) is 6.75. The lowest BCUT2D eigenvalue weighted by atomic mass is 10.2. The minimum absolute atomic E-state index is 0.106. The van der Waals surface area contributed by atoms with Crippen LogP contribution >= 0.6 is 0 Å². The molecule has 0 saturated carbocycles. The fourth-order valence-corrected chi connectivity index (χ4v) is 3.06. The lowest BCUT2D eigenvalue weighted by molar-refractivity contribution is -0.116. The number of amides is 1. The summed E-state index contributed by atoms with van der Waals surface area (Å²) in [5, 5.41) is 11.9. The molecule has 1 amide bonds. The quantitative estimate of drug-likeness (QED) is 0.525. The highest BCUT2D eigenvalue weighted by molar-refractivity contribution is 5.90. The smallest absolute Gasteiger partial charge is 0.263 e. The molecule has 3 heterocycles. The molecule has 4 aromatic rings. The number of aryl methyl sites for hydroxylation is 1. The molecule has 0 spiro atoms. The number of unbranched alkanes of at least 4 members (excludes halogenated alkanes) is 1. The third-order valence-electron chi connectivity index (χ3n) is 4.48. The Morgan fingerprint density at radius 2 is 2.00 bits per heavy atom. The zero-order chi connectivity index (χ0) is 20.4. The van der Waals surface area contributed by atoms with Gasteiger partial charge in [-0.2, -0.15) is 19.9 Å². The Kier molecular flexibility index (Phi) is 4.94. The zero-order valence-corrected chi connectivity index (χ0v) is 16.2. The molecule has 29 heavy (non-hydrogen) atoms. The van der Waals surface area contributed by atoms with Crippen molar-refractivity contribution in [1.82, 2.24) is 29.5 Å². The van der Waals surface area contributed by atoms with Crippen LogP contribution in [0.5, 0.6) is 0 Å². The van der Waals surface area contributed by atoms with Crippen LogP contribution in [0.4, 0.5) is 5.82 Å². The summed E-state index contributed by atoms with van der Waals surface area (Å²) < 4.78 is 3.03. The van der Waals surface area contributed by atoms with E-state index in [-0.39, 0.29) is 17.4 Å². The summed E-state index contributed by atoms with van der Waals surface area (Å²) in [6.07, 6.45) is 3.64. The van der Waals surface area contributed by atoms with Crippen LogP contribution in [0.1, 0.15) is 31.9 Å². The van der Waals surface area contributed by atoms with Crippen LogP contribution < -0.4 is 10.9 Å². The minimum atomic E-state index is -0.330. The van der Waals surface area contributed by atoms with Crippen LogP contribution in [0.15, 0.2) is 47.4 Å². The highest BCUT2D eigenvalue weighted by Crippen LogP contribution is 2.18. The van der Waals surface area contributed by atoms with Crippen LogP contribution in [0.3, 0.4) is 0 Å². The van der Waals surface area contributed by atoms with E-state index in [9.17, 15) is 9.59 Å². The summed E-state index contributed by atoms with van der Waals surface area (Å²) in [5.74, 6) is 0.557. The van der Waals surface area contributed by atoms with E-state index >= 15 is 0 Å². The van der Waals surface area contributed by atoms with Gasteiger partial charge in [0.1, 0.15) is 11.2 Å². The number of H-pyrrole nitrogens is 1. The van der Waals surface area contributed by atoms with Gasteiger partial charge in [0, 0.05) is 12.5 Å².